The number of hydrogen-bond donors (Lipinski definition) is 1. The van der Waals surface area contributed by atoms with Crippen LogP contribution in [0.15, 0.2) is 23.6 Å². The van der Waals surface area contributed by atoms with Gasteiger partial charge in [-0.05, 0) is 25.5 Å². The van der Waals surface area contributed by atoms with Crippen molar-refractivity contribution in [1.29, 1.82) is 0 Å². The summed E-state index contributed by atoms with van der Waals surface area (Å²) in [6.07, 6.45) is 0. The molecule has 2 rings (SSSR count). The van der Waals surface area contributed by atoms with Gasteiger partial charge in [0, 0.05) is 10.9 Å². The topological polar surface area (TPSA) is 33.1 Å². The molecule has 0 aliphatic carbocycles. The molecular weight excluding hydrogens is 206 g/mol. The number of thiazole rings is 1. The van der Waals surface area contributed by atoms with Crippen LogP contribution in [0.4, 0.5) is 0 Å². The average Bonchev–Trinajstić information content (AvgIpc) is 2.70. The summed E-state index contributed by atoms with van der Waals surface area (Å²) in [6, 6.07) is 6.33. The summed E-state index contributed by atoms with van der Waals surface area (Å²) in [7, 11) is 0. The van der Waals surface area contributed by atoms with Crippen LogP contribution in [-0.2, 0) is 6.61 Å². The minimum atomic E-state index is 0.0152. The summed E-state index contributed by atoms with van der Waals surface area (Å²) in [5.74, 6) is 0. The number of aryl methyl sites for hydroxylation is 2. The highest BCUT2D eigenvalue weighted by molar-refractivity contribution is 7.13. The molecule has 15 heavy (non-hydrogen) atoms. The first kappa shape index (κ1) is 10.3. The van der Waals surface area contributed by atoms with Gasteiger partial charge in [0.05, 0.1) is 12.3 Å². The van der Waals surface area contributed by atoms with Crippen molar-refractivity contribution < 1.29 is 5.11 Å². The summed E-state index contributed by atoms with van der Waals surface area (Å²) in [5.41, 5.74) is 4.37. The van der Waals surface area contributed by atoms with Crippen LogP contribution < -0.4 is 0 Å². The lowest BCUT2D eigenvalue weighted by molar-refractivity contribution is 0.278. The highest BCUT2D eigenvalue weighted by atomic mass is 32.1. The normalized spacial score (nSPS) is 10.6. The third kappa shape index (κ3) is 2.08. The van der Waals surface area contributed by atoms with Gasteiger partial charge in [0.25, 0.3) is 0 Å². The lowest BCUT2D eigenvalue weighted by atomic mass is 10.1. The number of aliphatic hydroxyl groups is 1. The predicted molar refractivity (Wildman–Crippen MR) is 62.9 cm³/mol. The minimum Gasteiger partial charge on any atom is -0.390 e. The Morgan fingerprint density at radius 1 is 1.33 bits per heavy atom. The molecule has 78 valence electrons. The van der Waals surface area contributed by atoms with Gasteiger partial charge in [-0.25, -0.2) is 4.98 Å². The van der Waals surface area contributed by atoms with Crippen LogP contribution in [0.25, 0.3) is 10.6 Å². The predicted octanol–water partition coefficient (Wildman–Crippen LogP) is 2.92. The molecule has 1 N–H and O–H groups in total. The molecule has 0 atom stereocenters. The molecule has 1 heterocycles. The molecular formula is C12H13NOS. The van der Waals surface area contributed by atoms with Crippen molar-refractivity contribution in [3.05, 3.63) is 40.4 Å². The molecule has 0 radical (unpaired) electrons. The largest absolute Gasteiger partial charge is 0.390 e. The number of benzene rings is 1. The van der Waals surface area contributed by atoms with Gasteiger partial charge in [0.2, 0.25) is 0 Å². The van der Waals surface area contributed by atoms with Crippen LogP contribution in [0, 0.1) is 13.8 Å². The second-order valence-electron chi connectivity index (χ2n) is 3.62. The van der Waals surface area contributed by atoms with E-state index in [1.165, 1.54) is 16.7 Å². The van der Waals surface area contributed by atoms with E-state index in [2.05, 4.69) is 37.0 Å². The van der Waals surface area contributed by atoms with E-state index in [-0.39, 0.29) is 6.61 Å². The maximum absolute atomic E-state index is 8.97. The van der Waals surface area contributed by atoms with Crippen LogP contribution in [-0.4, -0.2) is 10.1 Å². The molecule has 0 saturated carbocycles. The van der Waals surface area contributed by atoms with Gasteiger partial charge in [0.1, 0.15) is 5.01 Å². The van der Waals surface area contributed by atoms with E-state index in [1.54, 1.807) is 11.3 Å². The lowest BCUT2D eigenvalue weighted by Gasteiger charge is -2.03. The van der Waals surface area contributed by atoms with Gasteiger partial charge >= 0.3 is 0 Å². The summed E-state index contributed by atoms with van der Waals surface area (Å²) in [5, 5.41) is 11.9. The van der Waals surface area contributed by atoms with Gasteiger partial charge < -0.3 is 5.11 Å². The number of aliphatic hydroxyl groups excluding tert-OH is 1. The Bertz CT molecular complexity index is 476. The summed E-state index contributed by atoms with van der Waals surface area (Å²) in [4.78, 5) is 4.37. The van der Waals surface area contributed by atoms with Crippen LogP contribution in [0.5, 0.6) is 0 Å². The Labute approximate surface area is 93.2 Å². The zero-order valence-electron chi connectivity index (χ0n) is 8.82. The average molecular weight is 219 g/mol. The molecule has 0 spiro atoms. The molecule has 0 saturated heterocycles. The summed E-state index contributed by atoms with van der Waals surface area (Å²) >= 11 is 1.58. The maximum Gasteiger partial charge on any atom is 0.123 e. The van der Waals surface area contributed by atoms with Crippen molar-refractivity contribution >= 4 is 11.3 Å². The quantitative estimate of drug-likeness (QED) is 0.842. The van der Waals surface area contributed by atoms with Gasteiger partial charge in [-0.1, -0.05) is 17.7 Å². The molecule has 0 aliphatic heterocycles. The van der Waals surface area contributed by atoms with E-state index >= 15 is 0 Å². The third-order valence-corrected chi connectivity index (χ3v) is 3.26. The Kier molecular flexibility index (Phi) is 2.84. The molecule has 3 heteroatoms. The van der Waals surface area contributed by atoms with Gasteiger partial charge in [-0.15, -0.1) is 11.3 Å². The monoisotopic (exact) mass is 219 g/mol. The van der Waals surface area contributed by atoms with E-state index in [4.69, 9.17) is 5.11 Å². The highest BCUT2D eigenvalue weighted by Crippen LogP contribution is 2.27. The number of nitrogens with zero attached hydrogens (tertiary/aromatic N) is 1. The Morgan fingerprint density at radius 3 is 2.80 bits per heavy atom. The SMILES string of the molecule is Cc1ccc(C)c(-c2nc(CO)cs2)c1. The molecule has 1 aromatic carbocycles. The van der Waals surface area contributed by atoms with E-state index in [0.717, 1.165) is 10.7 Å². The fourth-order valence-corrected chi connectivity index (χ4v) is 2.36. The van der Waals surface area contributed by atoms with E-state index in [1.807, 2.05) is 5.38 Å². The lowest BCUT2D eigenvalue weighted by Crippen LogP contribution is -1.86. The van der Waals surface area contributed by atoms with E-state index in [9.17, 15) is 0 Å². The third-order valence-electron chi connectivity index (χ3n) is 2.34. The van der Waals surface area contributed by atoms with Crippen molar-refractivity contribution in [1.82, 2.24) is 4.98 Å². The highest BCUT2D eigenvalue weighted by Gasteiger charge is 2.06. The van der Waals surface area contributed by atoms with Crippen molar-refractivity contribution in [2.45, 2.75) is 20.5 Å². The molecule has 1 aromatic heterocycles. The summed E-state index contributed by atoms with van der Waals surface area (Å²) in [6.45, 7) is 4.17. The Morgan fingerprint density at radius 2 is 2.13 bits per heavy atom. The standard InChI is InChI=1S/C12H13NOS/c1-8-3-4-9(2)11(5-8)12-13-10(6-14)7-15-12/h3-5,7,14H,6H2,1-2H3. The van der Waals surface area contributed by atoms with Crippen LogP contribution in [0.1, 0.15) is 16.8 Å². The first-order valence-electron chi connectivity index (χ1n) is 4.83. The van der Waals surface area contributed by atoms with Crippen molar-refractivity contribution in [3.63, 3.8) is 0 Å². The second-order valence-corrected chi connectivity index (χ2v) is 4.48. The van der Waals surface area contributed by atoms with Crippen molar-refractivity contribution in [3.8, 4) is 10.6 Å². The van der Waals surface area contributed by atoms with Crippen LogP contribution in [0.2, 0.25) is 0 Å². The van der Waals surface area contributed by atoms with Crippen LogP contribution >= 0.6 is 11.3 Å². The van der Waals surface area contributed by atoms with Gasteiger partial charge in [-0.3, -0.25) is 0 Å². The van der Waals surface area contributed by atoms with Gasteiger partial charge in [-0.2, -0.15) is 0 Å². The minimum absolute atomic E-state index is 0.0152. The first-order valence-corrected chi connectivity index (χ1v) is 5.71. The number of aromatic nitrogens is 1. The molecule has 0 fully saturated rings. The molecule has 2 aromatic rings. The van der Waals surface area contributed by atoms with Crippen molar-refractivity contribution in [2.75, 3.05) is 0 Å². The second kappa shape index (κ2) is 4.13. The summed E-state index contributed by atoms with van der Waals surface area (Å²) < 4.78 is 0. The molecule has 2 nitrogen and oxygen atoms in total. The maximum atomic E-state index is 8.97. The Balaban J connectivity index is 2.48. The number of hydrogen-bond acceptors (Lipinski definition) is 3. The smallest absolute Gasteiger partial charge is 0.123 e. The fraction of sp³-hybridized carbons (Fsp3) is 0.250. The molecule has 0 unspecified atom stereocenters. The van der Waals surface area contributed by atoms with Crippen molar-refractivity contribution in [2.24, 2.45) is 0 Å². The molecule has 0 amide bonds. The van der Waals surface area contributed by atoms with E-state index in [0.29, 0.717) is 0 Å². The first-order chi connectivity index (χ1) is 7.20. The molecule has 0 bridgehead atoms. The van der Waals surface area contributed by atoms with Gasteiger partial charge in [0.15, 0.2) is 0 Å². The number of rotatable bonds is 2. The fourth-order valence-electron chi connectivity index (χ4n) is 1.47. The zero-order valence-corrected chi connectivity index (χ0v) is 9.64. The molecule has 0 aliphatic rings. The zero-order chi connectivity index (χ0) is 10.8. The van der Waals surface area contributed by atoms with Crippen LogP contribution in [0.3, 0.4) is 0 Å². The van der Waals surface area contributed by atoms with E-state index < -0.39 is 0 Å². The Hall–Kier alpha value is -1.19.